The van der Waals surface area contributed by atoms with Gasteiger partial charge < -0.3 is 4.57 Å². The van der Waals surface area contributed by atoms with Crippen LogP contribution in [0, 0.1) is 0 Å². The van der Waals surface area contributed by atoms with Crippen molar-refractivity contribution in [2.24, 2.45) is 12.9 Å². The maximum absolute atomic E-state index is 11.8. The molecule has 2 aromatic rings. The lowest BCUT2D eigenvalue weighted by Gasteiger charge is -2.07. The van der Waals surface area contributed by atoms with E-state index in [1.54, 1.807) is 24.0 Å². The van der Waals surface area contributed by atoms with Gasteiger partial charge in [0, 0.05) is 25.0 Å². The Kier molecular flexibility index (Phi) is 2.89. The second-order valence-corrected chi connectivity index (χ2v) is 3.50. The molecule has 2 rings (SSSR count). The van der Waals surface area contributed by atoms with Crippen LogP contribution in [0.5, 0.6) is 0 Å². The summed E-state index contributed by atoms with van der Waals surface area (Å²) < 4.78 is 3.08. The Hall–Kier alpha value is -1.85. The Morgan fingerprint density at radius 2 is 2.06 bits per heavy atom. The highest BCUT2D eigenvalue weighted by Gasteiger charge is 2.07. The Morgan fingerprint density at radius 3 is 2.69 bits per heavy atom. The van der Waals surface area contributed by atoms with Gasteiger partial charge in [0.15, 0.2) is 0 Å². The first-order chi connectivity index (χ1) is 7.74. The first kappa shape index (κ1) is 10.7. The van der Waals surface area contributed by atoms with Crippen LogP contribution in [0.25, 0.3) is 5.69 Å². The van der Waals surface area contributed by atoms with Crippen LogP contribution in [-0.4, -0.2) is 9.13 Å². The van der Waals surface area contributed by atoms with E-state index in [1.165, 1.54) is 4.57 Å². The van der Waals surface area contributed by atoms with Crippen LogP contribution in [0.3, 0.4) is 0 Å². The predicted molar refractivity (Wildman–Crippen MR) is 60.0 cm³/mol. The third kappa shape index (κ3) is 1.78. The average molecular weight is 219 g/mol. The van der Waals surface area contributed by atoms with Gasteiger partial charge >= 0.3 is 5.69 Å². The zero-order valence-corrected chi connectivity index (χ0v) is 8.96. The first-order valence-corrected chi connectivity index (χ1v) is 4.88. The number of nitrogens with zero attached hydrogens (tertiary/aromatic N) is 2. The molecule has 5 nitrogen and oxygen atoms in total. The maximum atomic E-state index is 11.8. The highest BCUT2D eigenvalue weighted by molar-refractivity contribution is 5.40. The molecule has 1 aromatic heterocycles. The van der Waals surface area contributed by atoms with Crippen LogP contribution in [0.4, 0.5) is 0 Å². The summed E-state index contributed by atoms with van der Waals surface area (Å²) >= 11 is 0. The van der Waals surface area contributed by atoms with Gasteiger partial charge in [0.05, 0.1) is 12.3 Å². The maximum Gasteiger partial charge on any atom is 0.332 e. The van der Waals surface area contributed by atoms with Gasteiger partial charge in [-0.05, 0) is 6.07 Å². The van der Waals surface area contributed by atoms with Gasteiger partial charge in [-0.15, -0.1) is 0 Å². The van der Waals surface area contributed by atoms with Crippen molar-refractivity contribution in [1.29, 1.82) is 0 Å². The van der Waals surface area contributed by atoms with Crippen LogP contribution in [0.1, 0.15) is 5.56 Å². The van der Waals surface area contributed by atoms with Crippen molar-refractivity contribution in [1.82, 2.24) is 9.13 Å². The smallest absolute Gasteiger partial charge is 0.302 e. The highest BCUT2D eigenvalue weighted by atomic mass is 16.6. The lowest BCUT2D eigenvalue weighted by molar-refractivity contribution is 0.124. The molecule has 0 radical (unpaired) electrons. The van der Waals surface area contributed by atoms with Crippen molar-refractivity contribution in [2.75, 3.05) is 0 Å². The Balaban J connectivity index is 2.55. The molecule has 2 N–H and O–H groups in total. The third-order valence-electron chi connectivity index (χ3n) is 2.44. The second kappa shape index (κ2) is 4.34. The van der Waals surface area contributed by atoms with E-state index in [1.807, 2.05) is 24.3 Å². The zero-order valence-electron chi connectivity index (χ0n) is 8.96. The molecule has 1 heterocycles. The number of hydrogen-bond donors (Lipinski definition) is 1. The largest absolute Gasteiger partial charge is 0.332 e. The van der Waals surface area contributed by atoms with Gasteiger partial charge in [0.2, 0.25) is 0 Å². The van der Waals surface area contributed by atoms with Crippen LogP contribution >= 0.6 is 0 Å². The Bertz CT molecular complexity index is 542. The lowest BCUT2D eigenvalue weighted by atomic mass is 10.2. The number of aryl methyl sites for hydroxylation is 1. The van der Waals surface area contributed by atoms with Crippen molar-refractivity contribution in [2.45, 2.75) is 6.61 Å². The summed E-state index contributed by atoms with van der Waals surface area (Å²) in [5, 5.41) is 0. The molecule has 0 aliphatic rings. The molecule has 0 unspecified atom stereocenters. The van der Waals surface area contributed by atoms with Crippen molar-refractivity contribution in [3.8, 4) is 5.69 Å². The lowest BCUT2D eigenvalue weighted by Crippen LogP contribution is -2.21. The average Bonchev–Trinajstić information content (AvgIpc) is 2.61. The summed E-state index contributed by atoms with van der Waals surface area (Å²) in [6.45, 7) is 0.275. The van der Waals surface area contributed by atoms with Gasteiger partial charge in [-0.3, -0.25) is 9.40 Å². The van der Waals surface area contributed by atoms with E-state index in [9.17, 15) is 4.79 Å². The Labute approximate surface area is 92.6 Å². The molecule has 0 amide bonds. The van der Waals surface area contributed by atoms with Crippen molar-refractivity contribution in [3.63, 3.8) is 0 Å². The van der Waals surface area contributed by atoms with Crippen LogP contribution < -0.4 is 11.6 Å². The minimum Gasteiger partial charge on any atom is -0.302 e. The summed E-state index contributed by atoms with van der Waals surface area (Å²) in [6, 6.07) is 7.48. The zero-order chi connectivity index (χ0) is 11.5. The first-order valence-electron chi connectivity index (χ1n) is 4.88. The molecule has 0 saturated heterocycles. The fraction of sp³-hybridized carbons (Fsp3) is 0.182. The second-order valence-electron chi connectivity index (χ2n) is 3.50. The number of imidazole rings is 1. The fourth-order valence-electron chi connectivity index (χ4n) is 1.61. The number of aromatic nitrogens is 2. The standard InChI is InChI=1S/C11H13N3O2/c1-13-6-7-14(11(13)15)10-5-3-2-4-9(10)8-16-12/h2-7H,8,12H2,1H3. The van der Waals surface area contributed by atoms with E-state index in [0.29, 0.717) is 0 Å². The molecule has 1 aromatic carbocycles. The van der Waals surface area contributed by atoms with E-state index in [0.717, 1.165) is 11.3 Å². The molecule has 5 heteroatoms. The number of hydrogen-bond acceptors (Lipinski definition) is 3. The highest BCUT2D eigenvalue weighted by Crippen LogP contribution is 2.12. The number of benzene rings is 1. The molecule has 0 fully saturated rings. The molecule has 0 atom stereocenters. The number of nitrogens with two attached hydrogens (primary N) is 1. The van der Waals surface area contributed by atoms with Crippen LogP contribution in [0.2, 0.25) is 0 Å². The molecule has 16 heavy (non-hydrogen) atoms. The molecule has 0 bridgehead atoms. The van der Waals surface area contributed by atoms with Crippen LogP contribution in [-0.2, 0) is 18.5 Å². The number of rotatable bonds is 3. The quantitative estimate of drug-likeness (QED) is 0.767. The monoisotopic (exact) mass is 219 g/mol. The minimum atomic E-state index is -0.0931. The topological polar surface area (TPSA) is 62.2 Å². The third-order valence-corrected chi connectivity index (χ3v) is 2.44. The molecule has 0 aliphatic heterocycles. The summed E-state index contributed by atoms with van der Waals surface area (Å²) in [5.41, 5.74) is 1.57. The molecular formula is C11H13N3O2. The van der Waals surface area contributed by atoms with Gasteiger partial charge in [-0.25, -0.2) is 10.7 Å². The summed E-state index contributed by atoms with van der Waals surface area (Å²) in [6.07, 6.45) is 3.43. The summed E-state index contributed by atoms with van der Waals surface area (Å²) in [5.74, 6) is 5.06. The van der Waals surface area contributed by atoms with Gasteiger partial charge in [-0.2, -0.15) is 0 Å². The summed E-state index contributed by atoms with van der Waals surface area (Å²) in [7, 11) is 1.71. The van der Waals surface area contributed by atoms with E-state index < -0.39 is 0 Å². The van der Waals surface area contributed by atoms with E-state index in [2.05, 4.69) is 4.84 Å². The van der Waals surface area contributed by atoms with E-state index >= 15 is 0 Å². The van der Waals surface area contributed by atoms with Gasteiger partial charge in [0.25, 0.3) is 0 Å². The normalized spacial score (nSPS) is 10.6. The molecular weight excluding hydrogens is 206 g/mol. The van der Waals surface area contributed by atoms with Crippen LogP contribution in [0.15, 0.2) is 41.5 Å². The minimum absolute atomic E-state index is 0.0931. The van der Waals surface area contributed by atoms with Crippen molar-refractivity contribution >= 4 is 0 Å². The van der Waals surface area contributed by atoms with Gasteiger partial charge in [-0.1, -0.05) is 18.2 Å². The Morgan fingerprint density at radius 1 is 1.31 bits per heavy atom. The SMILES string of the molecule is Cn1ccn(-c2ccccc2CON)c1=O. The molecule has 0 spiro atoms. The number of para-hydroxylation sites is 1. The van der Waals surface area contributed by atoms with Crippen molar-refractivity contribution in [3.05, 3.63) is 52.7 Å². The van der Waals surface area contributed by atoms with E-state index in [4.69, 9.17) is 5.90 Å². The predicted octanol–water partition coefficient (Wildman–Crippen LogP) is 0.566. The van der Waals surface area contributed by atoms with Crippen molar-refractivity contribution < 1.29 is 4.84 Å². The fourth-order valence-corrected chi connectivity index (χ4v) is 1.61. The van der Waals surface area contributed by atoms with E-state index in [-0.39, 0.29) is 12.3 Å². The molecule has 84 valence electrons. The van der Waals surface area contributed by atoms with Gasteiger partial charge in [0.1, 0.15) is 0 Å². The summed E-state index contributed by atoms with van der Waals surface area (Å²) in [4.78, 5) is 16.4. The molecule has 0 aliphatic carbocycles. The molecule has 0 saturated carbocycles.